The number of carbonyl (C=O) groups is 2. The molecule has 0 aliphatic carbocycles. The van der Waals surface area contributed by atoms with Gasteiger partial charge in [-0.25, -0.2) is 9.18 Å². The van der Waals surface area contributed by atoms with Crippen molar-refractivity contribution in [1.29, 1.82) is 0 Å². The lowest BCUT2D eigenvalue weighted by molar-refractivity contribution is -0.145. The molecule has 0 aromatic heterocycles. The molecule has 2 N–H and O–H groups in total. The maximum absolute atomic E-state index is 13.3. The zero-order chi connectivity index (χ0) is 15.4. The first-order valence-electron chi connectivity index (χ1n) is 6.90. The molecule has 1 aliphatic rings. The van der Waals surface area contributed by atoms with E-state index in [-0.39, 0.29) is 0 Å². The average Bonchev–Trinajstić information content (AvgIpc) is 2.48. The fourth-order valence-electron chi connectivity index (χ4n) is 2.32. The second-order valence-corrected chi connectivity index (χ2v) is 5.14. The second kappa shape index (κ2) is 6.67. The molecule has 0 spiro atoms. The van der Waals surface area contributed by atoms with Crippen molar-refractivity contribution in [3.63, 3.8) is 0 Å². The van der Waals surface area contributed by atoms with E-state index < -0.39 is 29.8 Å². The van der Waals surface area contributed by atoms with E-state index in [4.69, 9.17) is 4.74 Å². The number of nitrogens with one attached hydrogen (secondary N) is 1. The molecule has 114 valence electrons. The molecular formula is C15H18FNO4. The van der Waals surface area contributed by atoms with E-state index in [1.54, 1.807) is 6.92 Å². The summed E-state index contributed by atoms with van der Waals surface area (Å²) >= 11 is 0. The van der Waals surface area contributed by atoms with Gasteiger partial charge in [0.2, 0.25) is 5.91 Å². The van der Waals surface area contributed by atoms with Crippen molar-refractivity contribution >= 4 is 11.9 Å². The molecule has 21 heavy (non-hydrogen) atoms. The van der Waals surface area contributed by atoms with E-state index in [0.717, 1.165) is 12.8 Å². The van der Waals surface area contributed by atoms with Gasteiger partial charge in [-0.2, -0.15) is 0 Å². The number of carbonyl (C=O) groups excluding carboxylic acids is 1. The van der Waals surface area contributed by atoms with E-state index >= 15 is 0 Å². The molecule has 1 amide bonds. The molecule has 2 rings (SSSR count). The number of hydrogen-bond donors (Lipinski definition) is 2. The Bertz CT molecular complexity index is 540. The van der Waals surface area contributed by atoms with Crippen LogP contribution < -0.4 is 5.32 Å². The van der Waals surface area contributed by atoms with Crippen LogP contribution in [-0.4, -0.2) is 29.7 Å². The maximum atomic E-state index is 13.3. The summed E-state index contributed by atoms with van der Waals surface area (Å²) in [5.74, 6) is -2.04. The van der Waals surface area contributed by atoms with Crippen molar-refractivity contribution in [2.45, 2.75) is 38.3 Å². The number of carboxylic acids is 1. The Hall–Kier alpha value is -1.95. The van der Waals surface area contributed by atoms with E-state index in [9.17, 15) is 19.1 Å². The van der Waals surface area contributed by atoms with Gasteiger partial charge in [-0.05, 0) is 43.4 Å². The molecule has 5 nitrogen and oxygen atoms in total. The molecule has 1 heterocycles. The van der Waals surface area contributed by atoms with Crippen LogP contribution >= 0.6 is 0 Å². The van der Waals surface area contributed by atoms with Gasteiger partial charge < -0.3 is 15.2 Å². The number of halogens is 1. The van der Waals surface area contributed by atoms with Gasteiger partial charge >= 0.3 is 5.97 Å². The number of aliphatic carboxylic acids is 1. The monoisotopic (exact) mass is 295 g/mol. The van der Waals surface area contributed by atoms with Gasteiger partial charge in [0.05, 0.1) is 0 Å². The Morgan fingerprint density at radius 1 is 1.43 bits per heavy atom. The standard InChI is InChI=1S/C15H18FNO4/c1-9-8-10(5-6-11(9)16)13(15(19)20)17-14(18)12-4-2-3-7-21-12/h5-6,8,12-13H,2-4,7H2,1H3,(H,17,18)(H,19,20). The smallest absolute Gasteiger partial charge is 0.330 e. The molecule has 1 aromatic carbocycles. The van der Waals surface area contributed by atoms with Crippen molar-refractivity contribution < 1.29 is 23.8 Å². The van der Waals surface area contributed by atoms with E-state index in [0.29, 0.717) is 24.2 Å². The largest absolute Gasteiger partial charge is 0.479 e. The van der Waals surface area contributed by atoms with Crippen LogP contribution in [0.1, 0.15) is 36.4 Å². The van der Waals surface area contributed by atoms with Crippen LogP contribution in [0.4, 0.5) is 4.39 Å². The third kappa shape index (κ3) is 3.78. The zero-order valence-electron chi connectivity index (χ0n) is 11.8. The number of hydrogen-bond acceptors (Lipinski definition) is 3. The number of benzene rings is 1. The molecule has 1 aromatic rings. The van der Waals surface area contributed by atoms with Crippen LogP contribution in [-0.2, 0) is 14.3 Å². The minimum absolute atomic E-state index is 0.335. The minimum atomic E-state index is -1.21. The second-order valence-electron chi connectivity index (χ2n) is 5.14. The molecule has 1 fully saturated rings. The SMILES string of the molecule is Cc1cc(C(NC(=O)C2CCCCO2)C(=O)O)ccc1F. The van der Waals surface area contributed by atoms with Crippen LogP contribution in [0.3, 0.4) is 0 Å². The topological polar surface area (TPSA) is 75.6 Å². The summed E-state index contributed by atoms with van der Waals surface area (Å²) in [6, 6.07) is 2.78. The van der Waals surface area contributed by atoms with Gasteiger partial charge in [0.25, 0.3) is 0 Å². The fourth-order valence-corrected chi connectivity index (χ4v) is 2.32. The Kier molecular flexibility index (Phi) is 4.90. The number of amides is 1. The van der Waals surface area contributed by atoms with Gasteiger partial charge in [-0.1, -0.05) is 12.1 Å². The normalized spacial score (nSPS) is 19.8. The number of carboxylic acid groups (broad SMARTS) is 1. The maximum Gasteiger partial charge on any atom is 0.330 e. The molecular weight excluding hydrogens is 277 g/mol. The Morgan fingerprint density at radius 3 is 2.76 bits per heavy atom. The first kappa shape index (κ1) is 15.4. The third-order valence-electron chi connectivity index (χ3n) is 3.52. The van der Waals surface area contributed by atoms with Crippen LogP contribution in [0.2, 0.25) is 0 Å². The third-order valence-corrected chi connectivity index (χ3v) is 3.52. The molecule has 2 atom stereocenters. The lowest BCUT2D eigenvalue weighted by Crippen LogP contribution is -2.42. The van der Waals surface area contributed by atoms with Gasteiger partial charge in [0.1, 0.15) is 11.9 Å². The van der Waals surface area contributed by atoms with Crippen LogP contribution in [0.25, 0.3) is 0 Å². The van der Waals surface area contributed by atoms with Crippen molar-refractivity contribution in [2.24, 2.45) is 0 Å². The van der Waals surface area contributed by atoms with E-state index in [2.05, 4.69) is 5.32 Å². The van der Waals surface area contributed by atoms with Crippen LogP contribution in [0.5, 0.6) is 0 Å². The first-order valence-corrected chi connectivity index (χ1v) is 6.90. The molecule has 1 aliphatic heterocycles. The number of ether oxygens (including phenoxy) is 1. The predicted octanol–water partition coefficient (Wildman–Crippen LogP) is 1.95. The Morgan fingerprint density at radius 2 is 2.19 bits per heavy atom. The lowest BCUT2D eigenvalue weighted by atomic mass is 10.0. The number of rotatable bonds is 4. The van der Waals surface area contributed by atoms with E-state index in [1.807, 2.05) is 0 Å². The average molecular weight is 295 g/mol. The lowest BCUT2D eigenvalue weighted by Gasteiger charge is -2.24. The first-order chi connectivity index (χ1) is 9.99. The summed E-state index contributed by atoms with van der Waals surface area (Å²) in [7, 11) is 0. The fraction of sp³-hybridized carbons (Fsp3) is 0.467. The molecule has 0 radical (unpaired) electrons. The molecule has 2 unspecified atom stereocenters. The Balaban J connectivity index is 2.13. The highest BCUT2D eigenvalue weighted by Gasteiger charge is 2.28. The highest BCUT2D eigenvalue weighted by Crippen LogP contribution is 2.19. The zero-order valence-corrected chi connectivity index (χ0v) is 11.8. The molecule has 0 bridgehead atoms. The summed E-state index contributed by atoms with van der Waals surface area (Å²) < 4.78 is 18.6. The molecule has 6 heteroatoms. The van der Waals surface area contributed by atoms with Crippen molar-refractivity contribution in [3.05, 3.63) is 35.1 Å². The predicted molar refractivity (Wildman–Crippen MR) is 73.2 cm³/mol. The van der Waals surface area contributed by atoms with Crippen molar-refractivity contribution in [2.75, 3.05) is 6.61 Å². The van der Waals surface area contributed by atoms with Crippen LogP contribution in [0.15, 0.2) is 18.2 Å². The summed E-state index contributed by atoms with van der Waals surface area (Å²) in [6.45, 7) is 2.05. The highest BCUT2D eigenvalue weighted by atomic mass is 19.1. The van der Waals surface area contributed by atoms with Gasteiger partial charge in [0.15, 0.2) is 6.04 Å². The van der Waals surface area contributed by atoms with Crippen LogP contribution in [0, 0.1) is 12.7 Å². The van der Waals surface area contributed by atoms with Gasteiger partial charge in [-0.15, -0.1) is 0 Å². The highest BCUT2D eigenvalue weighted by molar-refractivity contribution is 5.87. The summed E-state index contributed by atoms with van der Waals surface area (Å²) in [5.41, 5.74) is 0.674. The van der Waals surface area contributed by atoms with Crippen molar-refractivity contribution in [3.8, 4) is 0 Å². The quantitative estimate of drug-likeness (QED) is 0.890. The summed E-state index contributed by atoms with van der Waals surface area (Å²) in [6.07, 6.45) is 1.76. The summed E-state index contributed by atoms with van der Waals surface area (Å²) in [4.78, 5) is 23.4. The summed E-state index contributed by atoms with van der Waals surface area (Å²) in [5, 5.41) is 11.7. The molecule has 1 saturated heterocycles. The van der Waals surface area contributed by atoms with Gasteiger partial charge in [0, 0.05) is 6.61 Å². The molecule has 0 saturated carbocycles. The number of aryl methyl sites for hydroxylation is 1. The van der Waals surface area contributed by atoms with E-state index in [1.165, 1.54) is 18.2 Å². The van der Waals surface area contributed by atoms with Crippen molar-refractivity contribution in [1.82, 2.24) is 5.32 Å². The Labute approximate surface area is 122 Å². The van der Waals surface area contributed by atoms with Gasteiger partial charge in [-0.3, -0.25) is 4.79 Å². The minimum Gasteiger partial charge on any atom is -0.479 e.